The maximum atomic E-state index is 12.9. The highest BCUT2D eigenvalue weighted by atomic mass is 16.7. The SMILES string of the molecule is CC(=O)O[C@@H]1[C@H](O)C2OC3(C(C)=O)C=C(C)C(=O)[C@@H](O)C3(CO)C1(C)C21CO1. The number of esters is 1. The molecule has 3 N–H and O–H groups in total. The Morgan fingerprint density at radius 3 is 2.39 bits per heavy atom. The second kappa shape index (κ2) is 5.48. The number of hydrogen-bond acceptors (Lipinski definition) is 9. The Labute approximate surface area is 161 Å². The van der Waals surface area contributed by atoms with Gasteiger partial charge in [0.05, 0.1) is 24.0 Å². The van der Waals surface area contributed by atoms with Crippen molar-refractivity contribution in [3.05, 3.63) is 11.6 Å². The number of ether oxygens (including phenoxy) is 3. The fourth-order valence-corrected chi connectivity index (χ4v) is 6.04. The van der Waals surface area contributed by atoms with E-state index in [2.05, 4.69) is 0 Å². The smallest absolute Gasteiger partial charge is 0.303 e. The van der Waals surface area contributed by atoms with E-state index in [0.717, 1.165) is 6.92 Å². The summed E-state index contributed by atoms with van der Waals surface area (Å²) in [4.78, 5) is 37.5. The van der Waals surface area contributed by atoms with Crippen molar-refractivity contribution in [3.63, 3.8) is 0 Å². The zero-order chi connectivity index (χ0) is 20.9. The van der Waals surface area contributed by atoms with Crippen LogP contribution in [0.2, 0.25) is 0 Å². The van der Waals surface area contributed by atoms with Gasteiger partial charge in [-0.2, -0.15) is 0 Å². The van der Waals surface area contributed by atoms with Gasteiger partial charge in [-0.3, -0.25) is 14.4 Å². The highest BCUT2D eigenvalue weighted by Crippen LogP contribution is 2.74. The van der Waals surface area contributed by atoms with Gasteiger partial charge >= 0.3 is 5.97 Å². The molecule has 9 nitrogen and oxygen atoms in total. The standard InChI is InChI=1S/C19H24O9/c1-8-5-18(9(2)21)17(6-20,13(25)11(8)23)16(4)14(27-10(3)22)12(24)15(28-18)19(16)7-26-19/h5,12-15,20,24-25H,6-7H2,1-4H3/t12-,13+,14+,15?,16?,17?,18?,19?/m0/s1. The first-order chi connectivity index (χ1) is 13.0. The molecule has 2 saturated heterocycles. The first-order valence-electron chi connectivity index (χ1n) is 9.17. The van der Waals surface area contributed by atoms with E-state index >= 15 is 0 Å². The summed E-state index contributed by atoms with van der Waals surface area (Å²) in [6, 6.07) is 0. The highest BCUT2D eigenvalue weighted by molar-refractivity contribution is 6.04. The van der Waals surface area contributed by atoms with E-state index in [1.54, 1.807) is 6.92 Å². The average Bonchev–Trinajstić information content (AvgIpc) is 3.40. The predicted octanol–water partition coefficient (Wildman–Crippen LogP) is -1.34. The van der Waals surface area contributed by atoms with Gasteiger partial charge in [0, 0.05) is 6.92 Å². The molecule has 0 aromatic carbocycles. The van der Waals surface area contributed by atoms with Crippen LogP contribution in [0.1, 0.15) is 27.7 Å². The van der Waals surface area contributed by atoms with Crippen LogP contribution in [0.25, 0.3) is 0 Å². The second-order valence-corrected chi connectivity index (χ2v) is 8.46. The molecule has 5 unspecified atom stereocenters. The van der Waals surface area contributed by atoms with E-state index in [9.17, 15) is 29.7 Å². The molecule has 3 fully saturated rings. The fourth-order valence-electron chi connectivity index (χ4n) is 6.04. The zero-order valence-corrected chi connectivity index (χ0v) is 16.1. The van der Waals surface area contributed by atoms with Gasteiger partial charge in [-0.15, -0.1) is 0 Å². The van der Waals surface area contributed by atoms with Crippen LogP contribution in [0, 0.1) is 10.8 Å². The number of ketones is 2. The molecule has 8 atom stereocenters. The lowest BCUT2D eigenvalue weighted by Crippen LogP contribution is -2.79. The van der Waals surface area contributed by atoms with Crippen LogP contribution < -0.4 is 0 Å². The van der Waals surface area contributed by atoms with Crippen molar-refractivity contribution in [2.75, 3.05) is 13.2 Å². The third-order valence-corrected chi connectivity index (χ3v) is 7.47. The summed E-state index contributed by atoms with van der Waals surface area (Å²) in [6.07, 6.45) is -4.21. The summed E-state index contributed by atoms with van der Waals surface area (Å²) in [6.45, 7) is 4.68. The molecule has 154 valence electrons. The second-order valence-electron chi connectivity index (χ2n) is 8.46. The number of aliphatic hydroxyl groups is 3. The van der Waals surface area contributed by atoms with Crippen LogP contribution in [0.3, 0.4) is 0 Å². The third-order valence-electron chi connectivity index (χ3n) is 7.47. The normalized spacial score (nSPS) is 51.5. The Kier molecular flexibility index (Phi) is 3.85. The van der Waals surface area contributed by atoms with E-state index in [1.165, 1.54) is 19.9 Å². The average molecular weight is 396 g/mol. The maximum absolute atomic E-state index is 12.9. The number of epoxide rings is 1. The van der Waals surface area contributed by atoms with Crippen molar-refractivity contribution in [1.82, 2.24) is 0 Å². The lowest BCUT2D eigenvalue weighted by molar-refractivity contribution is -0.286. The third kappa shape index (κ3) is 1.74. The summed E-state index contributed by atoms with van der Waals surface area (Å²) < 4.78 is 17.2. The van der Waals surface area contributed by atoms with Gasteiger partial charge in [0.1, 0.15) is 30.0 Å². The number of Topliss-reactive ketones (excluding diaryl/α,β-unsaturated/α-hetero) is 2. The molecule has 28 heavy (non-hydrogen) atoms. The molecule has 2 bridgehead atoms. The minimum atomic E-state index is -1.92. The molecule has 1 spiro atoms. The van der Waals surface area contributed by atoms with Gasteiger partial charge in [0.2, 0.25) is 0 Å². The first-order valence-corrected chi connectivity index (χ1v) is 9.17. The minimum Gasteiger partial charge on any atom is -0.459 e. The van der Waals surface area contributed by atoms with E-state index in [0.29, 0.717) is 0 Å². The Morgan fingerprint density at radius 2 is 1.93 bits per heavy atom. The minimum absolute atomic E-state index is 0.0995. The molecule has 4 aliphatic rings. The molecule has 0 aromatic rings. The molecule has 0 amide bonds. The molecule has 1 saturated carbocycles. The Bertz CT molecular complexity index is 814. The van der Waals surface area contributed by atoms with Crippen LogP contribution in [0.4, 0.5) is 0 Å². The van der Waals surface area contributed by atoms with Crippen molar-refractivity contribution in [3.8, 4) is 0 Å². The molecule has 2 aliphatic carbocycles. The largest absolute Gasteiger partial charge is 0.459 e. The quantitative estimate of drug-likeness (QED) is 0.390. The van der Waals surface area contributed by atoms with Crippen LogP contribution in [0.5, 0.6) is 0 Å². The Hall–Kier alpha value is -1.65. The maximum Gasteiger partial charge on any atom is 0.303 e. The summed E-state index contributed by atoms with van der Waals surface area (Å²) in [5.41, 5.74) is -6.41. The van der Waals surface area contributed by atoms with Crippen molar-refractivity contribution < 1.29 is 43.9 Å². The van der Waals surface area contributed by atoms with Crippen molar-refractivity contribution in [1.29, 1.82) is 0 Å². The number of fused-ring (bicyclic) bond motifs is 2. The summed E-state index contributed by atoms with van der Waals surface area (Å²) in [5.74, 6) is -1.92. The molecule has 9 heteroatoms. The van der Waals surface area contributed by atoms with Crippen molar-refractivity contribution >= 4 is 17.5 Å². The number of carbonyl (C=O) groups excluding carboxylic acids is 3. The molecular formula is C19H24O9. The lowest BCUT2D eigenvalue weighted by Gasteiger charge is -2.63. The molecule has 0 radical (unpaired) electrons. The first kappa shape index (κ1) is 19.7. The summed E-state index contributed by atoms with van der Waals surface area (Å²) in [5, 5.41) is 32.7. The van der Waals surface area contributed by atoms with Crippen LogP contribution >= 0.6 is 0 Å². The topological polar surface area (TPSA) is 143 Å². The lowest BCUT2D eigenvalue weighted by atomic mass is 9.45. The van der Waals surface area contributed by atoms with Crippen LogP contribution in [-0.2, 0) is 28.6 Å². The van der Waals surface area contributed by atoms with Gasteiger partial charge < -0.3 is 29.5 Å². The fraction of sp³-hybridized carbons (Fsp3) is 0.737. The molecular weight excluding hydrogens is 372 g/mol. The number of carbonyl (C=O) groups is 3. The molecule has 2 heterocycles. The predicted molar refractivity (Wildman–Crippen MR) is 90.9 cm³/mol. The monoisotopic (exact) mass is 396 g/mol. The highest BCUT2D eigenvalue weighted by Gasteiger charge is 2.91. The van der Waals surface area contributed by atoms with Gasteiger partial charge in [-0.05, 0) is 25.5 Å². The van der Waals surface area contributed by atoms with Gasteiger partial charge in [0.25, 0.3) is 0 Å². The molecule has 4 rings (SSSR count). The Balaban J connectivity index is 2.08. The Morgan fingerprint density at radius 1 is 1.32 bits per heavy atom. The van der Waals surface area contributed by atoms with Gasteiger partial charge in [-0.1, -0.05) is 6.92 Å². The van der Waals surface area contributed by atoms with E-state index in [1.807, 2.05) is 0 Å². The van der Waals surface area contributed by atoms with E-state index in [4.69, 9.17) is 14.2 Å². The zero-order valence-electron chi connectivity index (χ0n) is 16.1. The number of hydrogen-bond donors (Lipinski definition) is 3. The van der Waals surface area contributed by atoms with Gasteiger partial charge in [0.15, 0.2) is 17.2 Å². The van der Waals surface area contributed by atoms with Crippen molar-refractivity contribution in [2.24, 2.45) is 10.8 Å². The van der Waals surface area contributed by atoms with Gasteiger partial charge in [-0.25, -0.2) is 0 Å². The van der Waals surface area contributed by atoms with Crippen LogP contribution in [0.15, 0.2) is 11.6 Å². The molecule has 2 aliphatic heterocycles. The van der Waals surface area contributed by atoms with E-state index in [-0.39, 0.29) is 12.2 Å². The van der Waals surface area contributed by atoms with Crippen molar-refractivity contribution in [2.45, 2.75) is 63.3 Å². The number of rotatable bonds is 3. The van der Waals surface area contributed by atoms with E-state index < -0.39 is 70.6 Å². The summed E-state index contributed by atoms with van der Waals surface area (Å²) in [7, 11) is 0. The summed E-state index contributed by atoms with van der Waals surface area (Å²) >= 11 is 0. The molecule has 0 aromatic heterocycles. The number of aliphatic hydroxyl groups excluding tert-OH is 3. The van der Waals surface area contributed by atoms with Crippen LogP contribution in [-0.4, -0.2) is 81.7 Å².